The van der Waals surface area contributed by atoms with Crippen molar-refractivity contribution in [2.45, 2.75) is 6.92 Å². The van der Waals surface area contributed by atoms with Crippen LogP contribution in [0.3, 0.4) is 0 Å². The van der Waals surface area contributed by atoms with Crippen LogP contribution in [0, 0.1) is 12.7 Å². The molecule has 0 aliphatic carbocycles. The molecule has 134 valence electrons. The average molecular weight is 352 g/mol. The van der Waals surface area contributed by atoms with Crippen LogP contribution in [0.1, 0.15) is 5.56 Å². The largest absolute Gasteiger partial charge is 0.497 e. The van der Waals surface area contributed by atoms with Crippen molar-refractivity contribution in [3.63, 3.8) is 0 Å². The SMILES string of the molecule is COc1ccc2c(C)cc(N3CCN(c4ccc(F)cc4)CC3)[nH+]c2c1. The predicted molar refractivity (Wildman–Crippen MR) is 103 cm³/mol. The number of H-pyrrole nitrogens is 1. The first-order valence-electron chi connectivity index (χ1n) is 8.90. The van der Waals surface area contributed by atoms with Gasteiger partial charge in [-0.1, -0.05) is 0 Å². The summed E-state index contributed by atoms with van der Waals surface area (Å²) in [6.07, 6.45) is 0. The molecule has 0 atom stereocenters. The van der Waals surface area contributed by atoms with Crippen LogP contribution in [0.15, 0.2) is 48.5 Å². The lowest BCUT2D eigenvalue weighted by Gasteiger charge is -2.32. The van der Waals surface area contributed by atoms with Crippen LogP contribution < -0.4 is 19.5 Å². The van der Waals surface area contributed by atoms with Crippen LogP contribution in [0.4, 0.5) is 15.9 Å². The van der Waals surface area contributed by atoms with Crippen molar-refractivity contribution in [1.29, 1.82) is 0 Å². The minimum Gasteiger partial charge on any atom is -0.497 e. The highest BCUT2D eigenvalue weighted by molar-refractivity contribution is 5.81. The Labute approximate surface area is 152 Å². The minimum atomic E-state index is -0.191. The van der Waals surface area contributed by atoms with Gasteiger partial charge in [0.15, 0.2) is 0 Å². The number of aromatic nitrogens is 1. The van der Waals surface area contributed by atoms with Crippen LogP contribution in [0.2, 0.25) is 0 Å². The lowest BCUT2D eigenvalue weighted by atomic mass is 10.1. The first-order valence-corrected chi connectivity index (χ1v) is 8.90. The average Bonchev–Trinajstić information content (AvgIpc) is 2.68. The highest BCUT2D eigenvalue weighted by Gasteiger charge is 2.24. The molecule has 0 bridgehead atoms. The summed E-state index contributed by atoms with van der Waals surface area (Å²) in [5.41, 5.74) is 3.41. The molecule has 4 nitrogen and oxygen atoms in total. The van der Waals surface area contributed by atoms with Gasteiger partial charge >= 0.3 is 0 Å². The molecule has 5 heteroatoms. The van der Waals surface area contributed by atoms with Gasteiger partial charge < -0.3 is 9.64 Å². The van der Waals surface area contributed by atoms with Gasteiger partial charge in [0, 0.05) is 23.2 Å². The molecule has 1 aliphatic heterocycles. The van der Waals surface area contributed by atoms with Crippen molar-refractivity contribution in [3.05, 3.63) is 59.9 Å². The molecule has 0 amide bonds. The molecule has 1 aromatic heterocycles. The van der Waals surface area contributed by atoms with Gasteiger partial charge in [-0.2, -0.15) is 0 Å². The van der Waals surface area contributed by atoms with E-state index in [1.807, 2.05) is 24.3 Å². The van der Waals surface area contributed by atoms with E-state index in [0.29, 0.717) is 0 Å². The van der Waals surface area contributed by atoms with Gasteiger partial charge in [0.05, 0.1) is 20.2 Å². The van der Waals surface area contributed by atoms with Crippen LogP contribution in [-0.2, 0) is 0 Å². The monoisotopic (exact) mass is 352 g/mol. The van der Waals surface area contributed by atoms with Crippen molar-refractivity contribution in [1.82, 2.24) is 0 Å². The number of ether oxygens (including phenoxy) is 1. The lowest BCUT2D eigenvalue weighted by molar-refractivity contribution is -0.330. The summed E-state index contributed by atoms with van der Waals surface area (Å²) < 4.78 is 18.5. The van der Waals surface area contributed by atoms with E-state index in [4.69, 9.17) is 4.74 Å². The quantitative estimate of drug-likeness (QED) is 0.723. The zero-order valence-electron chi connectivity index (χ0n) is 15.1. The molecule has 26 heavy (non-hydrogen) atoms. The van der Waals surface area contributed by atoms with E-state index in [-0.39, 0.29) is 5.82 Å². The number of hydrogen-bond acceptors (Lipinski definition) is 3. The number of methoxy groups -OCH3 is 1. The van der Waals surface area contributed by atoms with E-state index in [1.54, 1.807) is 7.11 Å². The fraction of sp³-hybridized carbons (Fsp3) is 0.286. The van der Waals surface area contributed by atoms with E-state index in [2.05, 4.69) is 33.8 Å². The fourth-order valence-electron chi connectivity index (χ4n) is 3.58. The van der Waals surface area contributed by atoms with Gasteiger partial charge in [0.25, 0.3) is 5.82 Å². The summed E-state index contributed by atoms with van der Waals surface area (Å²) in [5, 5.41) is 1.21. The third kappa shape index (κ3) is 3.17. The van der Waals surface area contributed by atoms with Gasteiger partial charge in [-0.05, 0) is 48.9 Å². The van der Waals surface area contributed by atoms with Crippen molar-refractivity contribution in [3.8, 4) is 5.75 Å². The van der Waals surface area contributed by atoms with E-state index >= 15 is 0 Å². The zero-order valence-corrected chi connectivity index (χ0v) is 15.1. The first-order chi connectivity index (χ1) is 12.6. The van der Waals surface area contributed by atoms with Crippen LogP contribution >= 0.6 is 0 Å². The summed E-state index contributed by atoms with van der Waals surface area (Å²) in [6, 6.07) is 15.1. The molecule has 3 aromatic rings. The second-order valence-corrected chi connectivity index (χ2v) is 6.70. The smallest absolute Gasteiger partial charge is 0.275 e. The summed E-state index contributed by atoms with van der Waals surface area (Å²) in [6.45, 7) is 5.80. The molecular weight excluding hydrogens is 329 g/mol. The predicted octanol–water partition coefficient (Wildman–Crippen LogP) is 3.44. The molecule has 2 heterocycles. The van der Waals surface area contributed by atoms with Crippen LogP contribution in [0.5, 0.6) is 5.75 Å². The zero-order chi connectivity index (χ0) is 18.1. The Kier molecular flexibility index (Phi) is 4.37. The molecule has 4 rings (SSSR count). The molecular formula is C21H23FN3O+. The summed E-state index contributed by atoms with van der Waals surface area (Å²) in [4.78, 5) is 8.22. The topological polar surface area (TPSA) is 29.9 Å². The highest BCUT2D eigenvalue weighted by atomic mass is 19.1. The highest BCUT2D eigenvalue weighted by Crippen LogP contribution is 2.24. The number of rotatable bonds is 3. The van der Waals surface area contributed by atoms with Crippen LogP contribution in [0.25, 0.3) is 10.9 Å². The lowest BCUT2D eigenvalue weighted by Crippen LogP contribution is -2.48. The maximum Gasteiger partial charge on any atom is 0.275 e. The van der Waals surface area contributed by atoms with Gasteiger partial charge in [-0.3, -0.25) is 4.90 Å². The Morgan fingerprint density at radius 2 is 1.62 bits per heavy atom. The number of piperazine rings is 1. The molecule has 2 aromatic carbocycles. The van der Waals surface area contributed by atoms with Crippen molar-refractivity contribution in [2.75, 3.05) is 43.1 Å². The summed E-state index contributed by atoms with van der Waals surface area (Å²) in [7, 11) is 1.69. The third-order valence-corrected chi connectivity index (χ3v) is 5.08. The fourth-order valence-corrected chi connectivity index (χ4v) is 3.58. The molecule has 1 N–H and O–H groups in total. The van der Waals surface area contributed by atoms with Crippen molar-refractivity contribution in [2.24, 2.45) is 0 Å². The summed E-state index contributed by atoms with van der Waals surface area (Å²) >= 11 is 0. The molecule has 0 radical (unpaired) electrons. The number of aryl methyl sites for hydroxylation is 1. The van der Waals surface area contributed by atoms with Gasteiger partial charge in [-0.15, -0.1) is 0 Å². The Morgan fingerprint density at radius 1 is 0.923 bits per heavy atom. The number of halogens is 1. The Hall–Kier alpha value is -2.82. The Bertz CT molecular complexity index is 918. The Morgan fingerprint density at radius 3 is 2.31 bits per heavy atom. The Balaban J connectivity index is 1.54. The number of pyridine rings is 1. The molecule has 1 fully saturated rings. The number of anilines is 2. The van der Waals surface area contributed by atoms with E-state index < -0.39 is 0 Å². The molecule has 0 unspecified atom stereocenters. The molecule has 1 saturated heterocycles. The van der Waals surface area contributed by atoms with Gasteiger partial charge in [0.1, 0.15) is 30.2 Å². The van der Waals surface area contributed by atoms with E-state index in [1.165, 1.54) is 23.1 Å². The van der Waals surface area contributed by atoms with Crippen molar-refractivity contribution < 1.29 is 14.1 Å². The standard InChI is InChI=1S/C21H22FN3O/c1-15-13-21(23-20-14-18(26-2)7-8-19(15)20)25-11-9-24(10-12-25)17-5-3-16(22)4-6-17/h3-8,13-14H,9-12H2,1-2H3/p+1. The molecule has 1 aliphatic rings. The molecule has 0 saturated carbocycles. The van der Waals surface area contributed by atoms with Crippen molar-refractivity contribution >= 4 is 22.4 Å². The maximum atomic E-state index is 13.1. The first kappa shape index (κ1) is 16.6. The number of nitrogens with one attached hydrogen (secondary N) is 1. The maximum absolute atomic E-state index is 13.1. The second kappa shape index (κ2) is 6.83. The number of fused-ring (bicyclic) bond motifs is 1. The number of nitrogens with zero attached hydrogens (tertiary/aromatic N) is 2. The second-order valence-electron chi connectivity index (χ2n) is 6.70. The minimum absolute atomic E-state index is 0.191. The van der Waals surface area contributed by atoms with Crippen LogP contribution in [-0.4, -0.2) is 33.3 Å². The third-order valence-electron chi connectivity index (χ3n) is 5.08. The number of hydrogen-bond donors (Lipinski definition) is 0. The number of benzene rings is 2. The molecule has 0 spiro atoms. The van der Waals surface area contributed by atoms with Gasteiger partial charge in [-0.25, -0.2) is 9.37 Å². The van der Waals surface area contributed by atoms with Gasteiger partial charge in [0.2, 0.25) is 0 Å². The summed E-state index contributed by atoms with van der Waals surface area (Å²) in [5.74, 6) is 1.79. The number of aromatic amines is 1. The van der Waals surface area contributed by atoms with E-state index in [9.17, 15) is 4.39 Å². The van der Waals surface area contributed by atoms with E-state index in [0.717, 1.165) is 49.0 Å². The normalized spacial score (nSPS) is 14.7.